The van der Waals surface area contributed by atoms with Gasteiger partial charge in [0.15, 0.2) is 0 Å². The smallest absolute Gasteiger partial charge is 0.266 e. The highest BCUT2D eigenvalue weighted by atomic mass is 16.4. The Kier molecular flexibility index (Phi) is 5.63. The standard InChI is InChI=1S/C20H21N3O3/c1-12(2)23-13(3)9-16(14(23)4)10-17(11-21)19(24)22-18-7-5-15(6-8-18)20(25)26/h5-10,12H,1-4H3,(H,22,24)(H,25,26)/p-1/b17-10+. The molecule has 1 aromatic heterocycles. The highest BCUT2D eigenvalue weighted by Crippen LogP contribution is 2.22. The fraction of sp³-hybridized carbons (Fsp3) is 0.250. The van der Waals surface area contributed by atoms with Crippen LogP contribution in [0.2, 0.25) is 0 Å². The number of nitrogens with one attached hydrogen (secondary N) is 1. The lowest BCUT2D eigenvalue weighted by Gasteiger charge is -2.13. The summed E-state index contributed by atoms with van der Waals surface area (Å²) in [6.07, 6.45) is 1.56. The molecule has 26 heavy (non-hydrogen) atoms. The summed E-state index contributed by atoms with van der Waals surface area (Å²) in [5.41, 5.74) is 3.23. The van der Waals surface area contributed by atoms with Gasteiger partial charge in [-0.25, -0.2) is 0 Å². The van der Waals surface area contributed by atoms with Gasteiger partial charge in [-0.15, -0.1) is 0 Å². The van der Waals surface area contributed by atoms with Crippen LogP contribution >= 0.6 is 0 Å². The Balaban J connectivity index is 2.26. The van der Waals surface area contributed by atoms with Crippen LogP contribution in [0.4, 0.5) is 5.69 Å². The molecule has 0 radical (unpaired) electrons. The number of rotatable bonds is 5. The molecule has 0 aliphatic carbocycles. The number of carboxylic acids is 1. The number of carbonyl (C=O) groups excluding carboxylic acids is 2. The Morgan fingerprint density at radius 2 is 1.85 bits per heavy atom. The van der Waals surface area contributed by atoms with Crippen molar-refractivity contribution in [3.63, 3.8) is 0 Å². The zero-order valence-electron chi connectivity index (χ0n) is 15.2. The van der Waals surface area contributed by atoms with Crippen LogP contribution in [0.1, 0.15) is 47.2 Å². The van der Waals surface area contributed by atoms with Gasteiger partial charge in [-0.3, -0.25) is 4.79 Å². The lowest BCUT2D eigenvalue weighted by atomic mass is 10.1. The van der Waals surface area contributed by atoms with Gasteiger partial charge in [-0.2, -0.15) is 5.26 Å². The number of hydrogen-bond donors (Lipinski definition) is 1. The van der Waals surface area contributed by atoms with E-state index in [-0.39, 0.29) is 17.2 Å². The van der Waals surface area contributed by atoms with Gasteiger partial charge < -0.3 is 19.8 Å². The van der Waals surface area contributed by atoms with E-state index in [0.717, 1.165) is 17.0 Å². The van der Waals surface area contributed by atoms with Crippen molar-refractivity contribution in [2.75, 3.05) is 5.32 Å². The molecule has 1 N–H and O–H groups in total. The summed E-state index contributed by atoms with van der Waals surface area (Å²) in [4.78, 5) is 23.1. The first-order chi connectivity index (χ1) is 12.2. The van der Waals surface area contributed by atoms with Crippen molar-refractivity contribution < 1.29 is 14.7 Å². The van der Waals surface area contributed by atoms with E-state index in [4.69, 9.17) is 0 Å². The summed E-state index contributed by atoms with van der Waals surface area (Å²) in [6.45, 7) is 8.07. The number of aromatic carboxylic acids is 1. The van der Waals surface area contributed by atoms with E-state index in [1.165, 1.54) is 24.3 Å². The molecule has 0 aliphatic rings. The average molecular weight is 350 g/mol. The number of nitrogens with zero attached hydrogens (tertiary/aromatic N) is 2. The minimum absolute atomic E-state index is 0.0140. The summed E-state index contributed by atoms with van der Waals surface area (Å²) in [6, 6.07) is 9.69. The van der Waals surface area contributed by atoms with E-state index < -0.39 is 11.9 Å². The Bertz CT molecular complexity index is 913. The van der Waals surface area contributed by atoms with Crippen LogP contribution in [-0.4, -0.2) is 16.4 Å². The van der Waals surface area contributed by atoms with Gasteiger partial charge in [0, 0.05) is 23.1 Å². The maximum absolute atomic E-state index is 12.4. The van der Waals surface area contributed by atoms with Crippen LogP contribution in [0.15, 0.2) is 35.9 Å². The summed E-state index contributed by atoms with van der Waals surface area (Å²) in [5, 5.41) is 22.7. The summed E-state index contributed by atoms with van der Waals surface area (Å²) < 4.78 is 2.14. The topological polar surface area (TPSA) is 98.0 Å². The van der Waals surface area contributed by atoms with Gasteiger partial charge >= 0.3 is 0 Å². The quantitative estimate of drug-likeness (QED) is 0.662. The van der Waals surface area contributed by atoms with Crippen molar-refractivity contribution in [3.8, 4) is 6.07 Å². The number of amides is 1. The average Bonchev–Trinajstić information content (AvgIpc) is 2.86. The van der Waals surface area contributed by atoms with Crippen molar-refractivity contribution in [2.45, 2.75) is 33.7 Å². The van der Waals surface area contributed by atoms with Gasteiger partial charge in [0.2, 0.25) is 0 Å². The Hall–Kier alpha value is -3.33. The van der Waals surface area contributed by atoms with Crippen LogP contribution in [0.3, 0.4) is 0 Å². The predicted octanol–water partition coefficient (Wildman–Crippen LogP) is 2.60. The molecule has 6 heteroatoms. The van der Waals surface area contributed by atoms with Gasteiger partial charge in [0.1, 0.15) is 11.6 Å². The third-order valence-electron chi connectivity index (χ3n) is 4.08. The molecule has 0 bridgehead atoms. The number of hydrogen-bond acceptors (Lipinski definition) is 4. The number of anilines is 1. The second-order valence-electron chi connectivity index (χ2n) is 6.28. The molecule has 1 heterocycles. The first-order valence-electron chi connectivity index (χ1n) is 8.17. The maximum atomic E-state index is 12.4. The monoisotopic (exact) mass is 350 g/mol. The molecule has 0 saturated heterocycles. The number of nitriles is 1. The van der Waals surface area contributed by atoms with Crippen molar-refractivity contribution >= 4 is 23.6 Å². The molecular weight excluding hydrogens is 330 g/mol. The zero-order valence-corrected chi connectivity index (χ0v) is 15.2. The van der Waals surface area contributed by atoms with Crippen molar-refractivity contribution in [3.05, 3.63) is 58.4 Å². The molecule has 0 unspecified atom stereocenters. The highest BCUT2D eigenvalue weighted by Gasteiger charge is 2.14. The Morgan fingerprint density at radius 3 is 2.31 bits per heavy atom. The number of carboxylic acid groups (broad SMARTS) is 1. The minimum Gasteiger partial charge on any atom is -0.545 e. The Labute approximate surface area is 152 Å². The van der Waals surface area contributed by atoms with E-state index in [9.17, 15) is 20.0 Å². The van der Waals surface area contributed by atoms with Crippen LogP contribution < -0.4 is 10.4 Å². The number of carbonyl (C=O) groups is 2. The maximum Gasteiger partial charge on any atom is 0.266 e. The van der Waals surface area contributed by atoms with E-state index in [1.54, 1.807) is 6.08 Å². The second-order valence-corrected chi connectivity index (χ2v) is 6.28. The fourth-order valence-corrected chi connectivity index (χ4v) is 2.94. The summed E-state index contributed by atoms with van der Waals surface area (Å²) in [5.74, 6) is -1.84. The molecule has 0 aliphatic heterocycles. The van der Waals surface area contributed by atoms with Crippen LogP contribution in [0.5, 0.6) is 0 Å². The van der Waals surface area contributed by atoms with Crippen LogP contribution in [0, 0.1) is 25.2 Å². The molecule has 2 aromatic rings. The molecule has 0 atom stereocenters. The van der Waals surface area contributed by atoms with Gasteiger partial charge in [-0.1, -0.05) is 12.1 Å². The van der Waals surface area contributed by atoms with Gasteiger partial charge in [-0.05, 0) is 63.1 Å². The van der Waals surface area contributed by atoms with Crippen LogP contribution in [-0.2, 0) is 4.79 Å². The molecule has 2 rings (SSSR count). The van der Waals surface area contributed by atoms with E-state index in [0.29, 0.717) is 5.69 Å². The molecule has 0 spiro atoms. The predicted molar refractivity (Wildman–Crippen MR) is 97.3 cm³/mol. The zero-order chi connectivity index (χ0) is 19.4. The molecule has 0 fully saturated rings. The normalized spacial score (nSPS) is 11.3. The summed E-state index contributed by atoms with van der Waals surface area (Å²) >= 11 is 0. The number of benzene rings is 1. The first kappa shape index (κ1) is 19.0. The molecule has 6 nitrogen and oxygen atoms in total. The van der Waals surface area contributed by atoms with Crippen LogP contribution in [0.25, 0.3) is 6.08 Å². The fourth-order valence-electron chi connectivity index (χ4n) is 2.94. The van der Waals surface area contributed by atoms with E-state index in [2.05, 4.69) is 23.7 Å². The van der Waals surface area contributed by atoms with Crippen molar-refractivity contribution in [1.29, 1.82) is 5.26 Å². The SMILES string of the molecule is Cc1cc(/C=C(\C#N)C(=O)Nc2ccc(C(=O)[O-])cc2)c(C)n1C(C)C. The molecule has 1 aromatic carbocycles. The third-order valence-corrected chi connectivity index (χ3v) is 4.08. The van der Waals surface area contributed by atoms with Gasteiger partial charge in [0.05, 0.1) is 5.97 Å². The molecule has 1 amide bonds. The number of aromatic nitrogens is 1. The first-order valence-corrected chi connectivity index (χ1v) is 8.17. The Morgan fingerprint density at radius 1 is 1.23 bits per heavy atom. The lowest BCUT2D eigenvalue weighted by Crippen LogP contribution is -2.22. The van der Waals surface area contributed by atoms with Crippen molar-refractivity contribution in [1.82, 2.24) is 4.57 Å². The molecule has 0 saturated carbocycles. The van der Waals surface area contributed by atoms with E-state index in [1.807, 2.05) is 26.0 Å². The molecular formula is C20H20N3O3-. The second kappa shape index (κ2) is 7.70. The number of aryl methyl sites for hydroxylation is 1. The van der Waals surface area contributed by atoms with Crippen molar-refractivity contribution in [2.24, 2.45) is 0 Å². The largest absolute Gasteiger partial charge is 0.545 e. The minimum atomic E-state index is -1.29. The van der Waals surface area contributed by atoms with E-state index >= 15 is 0 Å². The third kappa shape index (κ3) is 4.01. The molecule has 134 valence electrons. The summed E-state index contributed by atoms with van der Waals surface area (Å²) in [7, 11) is 0. The van der Waals surface area contributed by atoms with Gasteiger partial charge in [0.25, 0.3) is 5.91 Å². The highest BCUT2D eigenvalue weighted by molar-refractivity contribution is 6.09. The lowest BCUT2D eigenvalue weighted by molar-refractivity contribution is -0.255.